The maximum atomic E-state index is 12.5. The molecule has 1 amide bonds. The molecule has 25 heavy (non-hydrogen) atoms. The topological polar surface area (TPSA) is 56.8 Å². The number of carbonyl (C=O) groups excluding carboxylic acids is 1. The van der Waals surface area contributed by atoms with Crippen LogP contribution in [0.3, 0.4) is 0 Å². The molecule has 2 heterocycles. The van der Waals surface area contributed by atoms with Crippen LogP contribution in [-0.4, -0.2) is 30.8 Å². The van der Waals surface area contributed by atoms with Gasteiger partial charge in [-0.15, -0.1) is 0 Å². The van der Waals surface area contributed by atoms with Crippen molar-refractivity contribution in [1.82, 2.24) is 5.32 Å². The summed E-state index contributed by atoms with van der Waals surface area (Å²) in [6.45, 7) is 2.89. The fraction of sp³-hybridized carbons (Fsp3) is 0.350. The van der Waals surface area contributed by atoms with Gasteiger partial charge in [0.1, 0.15) is 6.10 Å². The lowest BCUT2D eigenvalue weighted by Crippen LogP contribution is -2.50. The van der Waals surface area contributed by atoms with Crippen molar-refractivity contribution >= 4 is 5.91 Å². The quantitative estimate of drug-likeness (QED) is 0.933. The Balaban J connectivity index is 1.35. The number of nitrogens with one attached hydrogen (secondary N) is 1. The van der Waals surface area contributed by atoms with Crippen molar-refractivity contribution in [3.63, 3.8) is 0 Å². The number of hydrogen-bond acceptors (Lipinski definition) is 4. The predicted molar refractivity (Wildman–Crippen MR) is 92.7 cm³/mol. The van der Waals surface area contributed by atoms with Gasteiger partial charge in [0, 0.05) is 13.0 Å². The first-order valence-corrected chi connectivity index (χ1v) is 8.59. The second kappa shape index (κ2) is 6.76. The number of fused-ring (bicyclic) bond motifs is 2. The molecule has 5 heteroatoms. The summed E-state index contributed by atoms with van der Waals surface area (Å²) >= 11 is 0. The zero-order valence-corrected chi connectivity index (χ0v) is 14.1. The van der Waals surface area contributed by atoms with Gasteiger partial charge in [0.25, 0.3) is 5.91 Å². The monoisotopic (exact) mass is 339 g/mol. The lowest BCUT2D eigenvalue weighted by atomic mass is 9.99. The first-order chi connectivity index (χ1) is 12.2. The molecule has 0 aromatic heterocycles. The standard InChI is InChI=1S/C20H21NO4/c1-13-19(25-18-9-5-4-8-17(18)24-13)20(22)21-11-16-10-14-6-2-3-7-15(14)12-23-16/h2-9,13,16,19H,10-12H2,1H3,(H,21,22). The number of hydrogen-bond donors (Lipinski definition) is 1. The van der Waals surface area contributed by atoms with E-state index < -0.39 is 6.10 Å². The summed E-state index contributed by atoms with van der Waals surface area (Å²) in [5.41, 5.74) is 2.51. The van der Waals surface area contributed by atoms with Gasteiger partial charge in [-0.3, -0.25) is 4.79 Å². The van der Waals surface area contributed by atoms with Crippen LogP contribution in [0.25, 0.3) is 0 Å². The van der Waals surface area contributed by atoms with E-state index in [0.29, 0.717) is 24.7 Å². The number of amides is 1. The van der Waals surface area contributed by atoms with Gasteiger partial charge in [-0.05, 0) is 30.2 Å². The van der Waals surface area contributed by atoms with Crippen LogP contribution >= 0.6 is 0 Å². The Morgan fingerprint density at radius 1 is 1.04 bits per heavy atom. The highest BCUT2D eigenvalue weighted by atomic mass is 16.6. The average Bonchev–Trinajstić information content (AvgIpc) is 2.65. The van der Waals surface area contributed by atoms with Gasteiger partial charge in [-0.25, -0.2) is 0 Å². The molecule has 3 atom stereocenters. The van der Waals surface area contributed by atoms with Gasteiger partial charge in [0.05, 0.1) is 12.7 Å². The van der Waals surface area contributed by atoms with Crippen molar-refractivity contribution in [2.75, 3.05) is 6.54 Å². The number of benzene rings is 2. The molecule has 0 aliphatic carbocycles. The number of rotatable bonds is 3. The summed E-state index contributed by atoms with van der Waals surface area (Å²) in [7, 11) is 0. The van der Waals surface area contributed by atoms with Gasteiger partial charge in [-0.2, -0.15) is 0 Å². The molecule has 2 aromatic carbocycles. The van der Waals surface area contributed by atoms with E-state index in [1.54, 1.807) is 0 Å². The molecular weight excluding hydrogens is 318 g/mol. The van der Waals surface area contributed by atoms with Crippen molar-refractivity contribution in [2.24, 2.45) is 0 Å². The summed E-state index contributed by atoms with van der Waals surface area (Å²) in [5, 5.41) is 2.95. The van der Waals surface area contributed by atoms with Crippen LogP contribution in [0.4, 0.5) is 0 Å². The van der Waals surface area contributed by atoms with Crippen LogP contribution in [-0.2, 0) is 22.6 Å². The molecule has 0 bridgehead atoms. The Kier molecular flexibility index (Phi) is 4.32. The van der Waals surface area contributed by atoms with Gasteiger partial charge in [-0.1, -0.05) is 36.4 Å². The first kappa shape index (κ1) is 16.0. The van der Waals surface area contributed by atoms with Crippen LogP contribution in [0.5, 0.6) is 11.5 Å². The van der Waals surface area contributed by atoms with Crippen LogP contribution in [0, 0.1) is 0 Å². The predicted octanol–water partition coefficient (Wildman–Crippen LogP) is 2.47. The minimum Gasteiger partial charge on any atom is -0.482 e. The largest absolute Gasteiger partial charge is 0.482 e. The van der Waals surface area contributed by atoms with Crippen molar-refractivity contribution in [3.05, 3.63) is 59.7 Å². The highest BCUT2D eigenvalue weighted by Gasteiger charge is 2.34. The molecule has 4 rings (SSSR count). The van der Waals surface area contributed by atoms with Crippen molar-refractivity contribution in [1.29, 1.82) is 0 Å². The fourth-order valence-corrected chi connectivity index (χ4v) is 3.26. The zero-order chi connectivity index (χ0) is 17.2. The van der Waals surface area contributed by atoms with E-state index in [4.69, 9.17) is 14.2 Å². The maximum absolute atomic E-state index is 12.5. The lowest BCUT2D eigenvalue weighted by molar-refractivity contribution is -0.134. The molecule has 0 saturated carbocycles. The highest BCUT2D eigenvalue weighted by Crippen LogP contribution is 2.33. The molecule has 0 fully saturated rings. The van der Waals surface area contributed by atoms with Crippen molar-refractivity contribution in [3.8, 4) is 11.5 Å². The number of carbonyl (C=O) groups is 1. The smallest absolute Gasteiger partial charge is 0.265 e. The van der Waals surface area contributed by atoms with Crippen LogP contribution in [0.2, 0.25) is 0 Å². The minimum atomic E-state index is -0.661. The van der Waals surface area contributed by atoms with E-state index >= 15 is 0 Å². The summed E-state index contributed by atoms with van der Waals surface area (Å²) in [6.07, 6.45) is -0.226. The third kappa shape index (κ3) is 3.33. The molecule has 3 unspecified atom stereocenters. The fourth-order valence-electron chi connectivity index (χ4n) is 3.26. The van der Waals surface area contributed by atoms with E-state index in [1.807, 2.05) is 43.3 Å². The third-order valence-corrected chi connectivity index (χ3v) is 4.65. The second-order valence-electron chi connectivity index (χ2n) is 6.46. The molecule has 2 aromatic rings. The Morgan fingerprint density at radius 2 is 1.72 bits per heavy atom. The van der Waals surface area contributed by atoms with Crippen LogP contribution in [0.1, 0.15) is 18.1 Å². The van der Waals surface area contributed by atoms with Gasteiger partial charge in [0.15, 0.2) is 11.5 Å². The zero-order valence-electron chi connectivity index (χ0n) is 14.1. The summed E-state index contributed by atoms with van der Waals surface area (Å²) in [5.74, 6) is 1.10. The molecule has 1 N–H and O–H groups in total. The lowest BCUT2D eigenvalue weighted by Gasteiger charge is -2.32. The summed E-state index contributed by atoms with van der Waals surface area (Å²) in [6, 6.07) is 15.6. The van der Waals surface area contributed by atoms with E-state index in [0.717, 1.165) is 6.42 Å². The van der Waals surface area contributed by atoms with E-state index in [1.165, 1.54) is 11.1 Å². The molecule has 2 aliphatic rings. The SMILES string of the molecule is CC1Oc2ccccc2OC1C(=O)NCC1Cc2ccccc2CO1. The molecule has 2 aliphatic heterocycles. The number of para-hydroxylation sites is 2. The molecule has 5 nitrogen and oxygen atoms in total. The normalized spacial score (nSPS) is 24.3. The Bertz CT molecular complexity index is 776. The molecular formula is C20H21NO4. The average molecular weight is 339 g/mol. The Labute approximate surface area is 146 Å². The summed E-state index contributed by atoms with van der Waals surface area (Å²) in [4.78, 5) is 12.5. The van der Waals surface area contributed by atoms with E-state index in [9.17, 15) is 4.79 Å². The molecule has 0 saturated heterocycles. The maximum Gasteiger partial charge on any atom is 0.265 e. The van der Waals surface area contributed by atoms with E-state index in [-0.39, 0.29) is 18.1 Å². The second-order valence-corrected chi connectivity index (χ2v) is 6.46. The molecule has 130 valence electrons. The van der Waals surface area contributed by atoms with Gasteiger partial charge < -0.3 is 19.5 Å². The number of ether oxygens (including phenoxy) is 3. The van der Waals surface area contributed by atoms with Crippen molar-refractivity contribution < 1.29 is 19.0 Å². The Hall–Kier alpha value is -2.53. The summed E-state index contributed by atoms with van der Waals surface area (Å²) < 4.78 is 17.4. The highest BCUT2D eigenvalue weighted by molar-refractivity contribution is 5.82. The van der Waals surface area contributed by atoms with E-state index in [2.05, 4.69) is 17.4 Å². The first-order valence-electron chi connectivity index (χ1n) is 8.59. The van der Waals surface area contributed by atoms with Crippen LogP contribution in [0.15, 0.2) is 48.5 Å². The molecule has 0 spiro atoms. The van der Waals surface area contributed by atoms with Crippen LogP contribution < -0.4 is 14.8 Å². The third-order valence-electron chi connectivity index (χ3n) is 4.65. The molecule has 0 radical (unpaired) electrons. The Morgan fingerprint density at radius 3 is 2.52 bits per heavy atom. The van der Waals surface area contributed by atoms with Gasteiger partial charge >= 0.3 is 0 Å². The minimum absolute atomic E-state index is 0.0223. The van der Waals surface area contributed by atoms with Crippen molar-refractivity contribution in [2.45, 2.75) is 38.3 Å². The van der Waals surface area contributed by atoms with Gasteiger partial charge in [0.2, 0.25) is 6.10 Å².